The molecule has 27 heavy (non-hydrogen) atoms. The summed E-state index contributed by atoms with van der Waals surface area (Å²) < 4.78 is 10.8. The van der Waals surface area contributed by atoms with Crippen molar-refractivity contribution in [1.29, 1.82) is 0 Å². The largest absolute Gasteiger partial charge is 0.507 e. The average Bonchev–Trinajstić information content (AvgIpc) is 2.69. The highest BCUT2D eigenvalue weighted by molar-refractivity contribution is 6.30. The van der Waals surface area contributed by atoms with Gasteiger partial charge in [0.25, 0.3) is 0 Å². The number of rotatable bonds is 6. The summed E-state index contributed by atoms with van der Waals surface area (Å²) in [5.74, 6) is 0.203. The van der Waals surface area contributed by atoms with Crippen LogP contribution in [0.1, 0.15) is 21.5 Å². The minimum atomic E-state index is -0.270. The Morgan fingerprint density at radius 2 is 1.96 bits per heavy atom. The number of aromatic hydroxyl groups is 1. The summed E-state index contributed by atoms with van der Waals surface area (Å²) in [7, 11) is 1.56. The number of morpholine rings is 1. The molecule has 142 valence electrons. The second-order valence-corrected chi connectivity index (χ2v) is 6.76. The van der Waals surface area contributed by atoms with Crippen molar-refractivity contribution in [1.82, 2.24) is 4.90 Å². The van der Waals surface area contributed by atoms with E-state index < -0.39 is 0 Å². The summed E-state index contributed by atoms with van der Waals surface area (Å²) in [6, 6.07) is 10.4. The maximum absolute atomic E-state index is 12.6. The van der Waals surface area contributed by atoms with Gasteiger partial charge in [-0.1, -0.05) is 29.8 Å². The second-order valence-electron chi connectivity index (χ2n) is 6.32. The van der Waals surface area contributed by atoms with Gasteiger partial charge in [0.05, 0.1) is 25.9 Å². The van der Waals surface area contributed by atoms with Crippen molar-refractivity contribution < 1.29 is 19.4 Å². The Morgan fingerprint density at radius 3 is 2.63 bits per heavy atom. The Balaban J connectivity index is 1.81. The summed E-state index contributed by atoms with van der Waals surface area (Å²) in [6.07, 6.45) is 3.15. The molecule has 6 heteroatoms. The van der Waals surface area contributed by atoms with E-state index in [4.69, 9.17) is 21.1 Å². The molecule has 1 saturated heterocycles. The molecule has 0 radical (unpaired) electrons. The predicted molar refractivity (Wildman–Crippen MR) is 106 cm³/mol. The molecule has 0 aromatic heterocycles. The van der Waals surface area contributed by atoms with Crippen LogP contribution in [0.4, 0.5) is 0 Å². The van der Waals surface area contributed by atoms with Crippen molar-refractivity contribution in [3.63, 3.8) is 0 Å². The van der Waals surface area contributed by atoms with Crippen molar-refractivity contribution in [3.8, 4) is 11.5 Å². The first-order chi connectivity index (χ1) is 13.1. The first kappa shape index (κ1) is 19.4. The highest BCUT2D eigenvalue weighted by Crippen LogP contribution is 2.30. The van der Waals surface area contributed by atoms with Gasteiger partial charge in [-0.2, -0.15) is 0 Å². The number of allylic oxidation sites excluding steroid dienone is 1. The first-order valence-corrected chi connectivity index (χ1v) is 9.12. The molecule has 0 unspecified atom stereocenters. The van der Waals surface area contributed by atoms with Crippen LogP contribution < -0.4 is 4.74 Å². The van der Waals surface area contributed by atoms with Gasteiger partial charge in [0.1, 0.15) is 11.5 Å². The summed E-state index contributed by atoms with van der Waals surface area (Å²) in [4.78, 5) is 14.8. The van der Waals surface area contributed by atoms with Crippen molar-refractivity contribution in [2.45, 2.75) is 6.54 Å². The van der Waals surface area contributed by atoms with E-state index in [1.807, 2.05) is 12.1 Å². The molecule has 0 amide bonds. The van der Waals surface area contributed by atoms with Gasteiger partial charge >= 0.3 is 0 Å². The number of ketones is 1. The number of phenolic OH excluding ortho intramolecular Hbond substituents is 1. The van der Waals surface area contributed by atoms with Crippen molar-refractivity contribution in [3.05, 3.63) is 64.2 Å². The number of halogens is 1. The van der Waals surface area contributed by atoms with Gasteiger partial charge in [-0.25, -0.2) is 0 Å². The molecule has 0 saturated carbocycles. The van der Waals surface area contributed by atoms with Crippen LogP contribution in [0.25, 0.3) is 6.08 Å². The van der Waals surface area contributed by atoms with E-state index in [0.717, 1.165) is 24.2 Å². The number of carbonyl (C=O) groups excluding carboxylic acids is 1. The van der Waals surface area contributed by atoms with Gasteiger partial charge in [0.2, 0.25) is 0 Å². The molecule has 5 nitrogen and oxygen atoms in total. The van der Waals surface area contributed by atoms with Gasteiger partial charge in [-0.05, 0) is 29.8 Å². The minimum absolute atomic E-state index is 0.0941. The number of nitrogens with zero attached hydrogens (tertiary/aromatic N) is 1. The Kier molecular flexibility index (Phi) is 6.50. The van der Waals surface area contributed by atoms with Crippen LogP contribution in [-0.4, -0.2) is 49.2 Å². The quantitative estimate of drug-likeness (QED) is 0.603. The van der Waals surface area contributed by atoms with E-state index in [-0.39, 0.29) is 17.1 Å². The van der Waals surface area contributed by atoms with Gasteiger partial charge in [0.15, 0.2) is 5.78 Å². The molecule has 0 aliphatic carbocycles. The summed E-state index contributed by atoms with van der Waals surface area (Å²) >= 11 is 5.87. The lowest BCUT2D eigenvalue weighted by Gasteiger charge is -2.27. The average molecular weight is 388 g/mol. The van der Waals surface area contributed by atoms with Crippen LogP contribution in [0.5, 0.6) is 11.5 Å². The van der Waals surface area contributed by atoms with E-state index in [1.54, 1.807) is 31.4 Å². The Bertz CT molecular complexity index is 827. The van der Waals surface area contributed by atoms with E-state index in [9.17, 15) is 9.90 Å². The lowest BCUT2D eigenvalue weighted by Crippen LogP contribution is -2.35. The van der Waals surface area contributed by atoms with E-state index >= 15 is 0 Å². The zero-order valence-corrected chi connectivity index (χ0v) is 15.9. The standard InChI is InChI=1S/C21H22ClNO4/c1-26-21-13-20(25)18(12-16(21)14-23-8-10-27-11-9-23)19(24)7-4-15-2-5-17(22)6-3-15/h2-7,12-13,25H,8-11,14H2,1H3/b7-4+. The third kappa shape index (κ3) is 5.10. The molecule has 0 spiro atoms. The van der Waals surface area contributed by atoms with Crippen LogP contribution in [0.2, 0.25) is 5.02 Å². The number of methoxy groups -OCH3 is 1. The molecule has 1 aliphatic heterocycles. The lowest BCUT2D eigenvalue weighted by molar-refractivity contribution is 0.0338. The smallest absolute Gasteiger partial charge is 0.189 e. The van der Waals surface area contributed by atoms with Gasteiger partial charge in [0, 0.05) is 36.3 Å². The van der Waals surface area contributed by atoms with Crippen molar-refractivity contribution >= 4 is 23.5 Å². The third-order valence-corrected chi connectivity index (χ3v) is 4.71. The monoisotopic (exact) mass is 387 g/mol. The molecule has 2 aromatic carbocycles. The number of ether oxygens (including phenoxy) is 2. The van der Waals surface area contributed by atoms with Gasteiger partial charge in [-0.15, -0.1) is 0 Å². The SMILES string of the molecule is COc1cc(O)c(C(=O)/C=C/c2ccc(Cl)cc2)cc1CN1CCOCC1. The summed E-state index contributed by atoms with van der Waals surface area (Å²) in [5, 5.41) is 10.9. The van der Waals surface area contributed by atoms with Crippen molar-refractivity contribution in [2.75, 3.05) is 33.4 Å². The molecule has 2 aromatic rings. The first-order valence-electron chi connectivity index (χ1n) is 8.75. The second kappa shape index (κ2) is 9.04. The van der Waals surface area contributed by atoms with Gasteiger partial charge < -0.3 is 14.6 Å². The molecule has 1 heterocycles. The topological polar surface area (TPSA) is 59.0 Å². The fraction of sp³-hybridized carbons (Fsp3) is 0.286. The number of benzene rings is 2. The van der Waals surface area contributed by atoms with E-state index in [0.29, 0.717) is 30.5 Å². The molecule has 1 N–H and O–H groups in total. The highest BCUT2D eigenvalue weighted by Gasteiger charge is 2.18. The lowest BCUT2D eigenvalue weighted by atomic mass is 10.0. The normalized spacial score (nSPS) is 15.2. The molecule has 3 rings (SSSR count). The molecule has 0 bridgehead atoms. The number of carbonyl (C=O) groups is 1. The Morgan fingerprint density at radius 1 is 1.26 bits per heavy atom. The van der Waals surface area contributed by atoms with Gasteiger partial charge in [-0.3, -0.25) is 9.69 Å². The number of phenols is 1. The molecule has 1 fully saturated rings. The van der Waals surface area contributed by atoms with Crippen LogP contribution in [0.15, 0.2) is 42.5 Å². The van der Waals surface area contributed by atoms with Crippen LogP contribution in [-0.2, 0) is 11.3 Å². The molecule has 0 atom stereocenters. The Hall–Kier alpha value is -2.34. The third-order valence-electron chi connectivity index (χ3n) is 4.46. The Labute approximate surface area is 163 Å². The number of hydrogen-bond donors (Lipinski definition) is 1. The molecular weight excluding hydrogens is 366 g/mol. The maximum atomic E-state index is 12.6. The summed E-state index contributed by atoms with van der Waals surface area (Å²) in [5.41, 5.74) is 1.97. The molecular formula is C21H22ClNO4. The van der Waals surface area contributed by atoms with Crippen LogP contribution in [0, 0.1) is 0 Å². The van der Waals surface area contributed by atoms with E-state index in [2.05, 4.69) is 4.90 Å². The highest BCUT2D eigenvalue weighted by atomic mass is 35.5. The maximum Gasteiger partial charge on any atom is 0.189 e. The van der Waals surface area contributed by atoms with E-state index in [1.165, 1.54) is 12.1 Å². The number of hydrogen-bond acceptors (Lipinski definition) is 5. The van der Waals surface area contributed by atoms with Crippen molar-refractivity contribution in [2.24, 2.45) is 0 Å². The van der Waals surface area contributed by atoms with Crippen LogP contribution >= 0.6 is 11.6 Å². The predicted octanol–water partition coefficient (Wildman–Crippen LogP) is 3.78. The zero-order chi connectivity index (χ0) is 19.2. The summed E-state index contributed by atoms with van der Waals surface area (Å²) in [6.45, 7) is 3.66. The fourth-order valence-corrected chi connectivity index (χ4v) is 3.09. The zero-order valence-electron chi connectivity index (χ0n) is 15.2. The fourth-order valence-electron chi connectivity index (χ4n) is 2.96. The van der Waals surface area contributed by atoms with Crippen LogP contribution in [0.3, 0.4) is 0 Å². The minimum Gasteiger partial charge on any atom is -0.507 e. The molecule has 1 aliphatic rings.